The molecule has 0 aromatic carbocycles. The van der Waals surface area contributed by atoms with Gasteiger partial charge in [-0.2, -0.15) is 0 Å². The normalized spacial score (nSPS) is 25.8. The summed E-state index contributed by atoms with van der Waals surface area (Å²) < 4.78 is 34.5. The van der Waals surface area contributed by atoms with Gasteiger partial charge in [-0.25, -0.2) is 0 Å². The van der Waals surface area contributed by atoms with Crippen LogP contribution in [0.5, 0.6) is 0 Å². The maximum atomic E-state index is 13.5. The number of aliphatic hydroxyl groups excluding tert-OH is 11. The second kappa shape index (κ2) is 66.8. The van der Waals surface area contributed by atoms with Crippen molar-refractivity contribution in [2.45, 2.75) is 491 Å². The van der Waals surface area contributed by atoms with E-state index in [1.54, 1.807) is 6.08 Å². The monoisotopic (exact) mass is 1500 g/mol. The largest absolute Gasteiger partial charge is 0.394 e. The van der Waals surface area contributed by atoms with Gasteiger partial charge < -0.3 is 89.9 Å². The van der Waals surface area contributed by atoms with E-state index in [2.05, 4.69) is 31.3 Å². The second-order valence-electron chi connectivity index (χ2n) is 31.7. The maximum absolute atomic E-state index is 13.5. The van der Waals surface area contributed by atoms with Gasteiger partial charge in [0.1, 0.15) is 73.2 Å². The Kier molecular flexibility index (Phi) is 62.0. The summed E-state index contributed by atoms with van der Waals surface area (Å²) in [6.07, 6.45) is 56.2. The van der Waals surface area contributed by atoms with Crippen molar-refractivity contribution in [1.82, 2.24) is 5.32 Å². The number of hydrogen-bond acceptors (Lipinski definition) is 18. The van der Waals surface area contributed by atoms with E-state index in [4.69, 9.17) is 28.4 Å². The molecule has 1 amide bonds. The number of hydrogen-bond donors (Lipinski definition) is 12. The second-order valence-corrected chi connectivity index (χ2v) is 31.7. The average Bonchev–Trinajstić information content (AvgIpc) is 0.779. The zero-order chi connectivity index (χ0) is 76.0. The van der Waals surface area contributed by atoms with Gasteiger partial charge in [-0.1, -0.05) is 359 Å². The van der Waals surface area contributed by atoms with E-state index < -0.39 is 124 Å². The highest BCUT2D eigenvalue weighted by molar-refractivity contribution is 5.76. The van der Waals surface area contributed by atoms with Gasteiger partial charge in [-0.05, 0) is 44.9 Å². The highest BCUT2D eigenvalue weighted by Gasteiger charge is 2.54. The lowest BCUT2D eigenvalue weighted by molar-refractivity contribution is -0.379. The number of carbonyl (C=O) groups excluding carboxylic acids is 1. The van der Waals surface area contributed by atoms with Crippen LogP contribution in [-0.2, 0) is 33.2 Å². The lowest BCUT2D eigenvalue weighted by Crippen LogP contribution is -2.66. The fraction of sp³-hybridized carbons (Fsp3) is 0.942. The van der Waals surface area contributed by atoms with E-state index in [-0.39, 0.29) is 18.9 Å². The van der Waals surface area contributed by atoms with Crippen molar-refractivity contribution < 1.29 is 89.4 Å². The minimum absolute atomic E-state index is 0.249. The van der Waals surface area contributed by atoms with Crippen molar-refractivity contribution >= 4 is 5.91 Å². The molecular weight excluding hydrogens is 1330 g/mol. The third-order valence-corrected chi connectivity index (χ3v) is 22.2. The number of carbonyl (C=O) groups is 1. The van der Waals surface area contributed by atoms with Crippen molar-refractivity contribution in [1.29, 1.82) is 0 Å². The van der Waals surface area contributed by atoms with Gasteiger partial charge in [0, 0.05) is 6.42 Å². The Bertz CT molecular complexity index is 1990. The first-order valence-electron chi connectivity index (χ1n) is 44.1. The van der Waals surface area contributed by atoms with Gasteiger partial charge in [0.05, 0.1) is 38.6 Å². The summed E-state index contributed by atoms with van der Waals surface area (Å²) in [4.78, 5) is 13.5. The van der Waals surface area contributed by atoms with E-state index in [0.29, 0.717) is 6.42 Å². The van der Waals surface area contributed by atoms with Crippen LogP contribution in [0.15, 0.2) is 24.3 Å². The molecule has 0 saturated carbocycles. The Balaban J connectivity index is 1.31. The number of ether oxygens (including phenoxy) is 6. The Labute approximate surface area is 638 Å². The molecule has 0 bridgehead atoms. The fourth-order valence-electron chi connectivity index (χ4n) is 15.2. The molecule has 3 rings (SSSR count). The highest BCUT2D eigenvalue weighted by atomic mass is 16.8. The molecule has 0 aromatic rings. The predicted octanol–water partition coefficient (Wildman–Crippen LogP) is 16.1. The third kappa shape index (κ3) is 46.1. The van der Waals surface area contributed by atoms with Crippen LogP contribution in [-0.4, -0.2) is 193 Å². The molecule has 0 spiro atoms. The first-order chi connectivity index (χ1) is 51.3. The summed E-state index contributed by atoms with van der Waals surface area (Å²) in [5.41, 5.74) is 0. The molecule has 0 aliphatic carbocycles. The van der Waals surface area contributed by atoms with Crippen molar-refractivity contribution in [3.8, 4) is 0 Å². The lowest BCUT2D eigenvalue weighted by Gasteiger charge is -2.48. The number of unbranched alkanes of at least 4 members (excludes halogenated alkanes) is 54. The summed E-state index contributed by atoms with van der Waals surface area (Å²) in [7, 11) is 0. The van der Waals surface area contributed by atoms with E-state index >= 15 is 0 Å². The Morgan fingerprint density at radius 3 is 0.924 bits per heavy atom. The van der Waals surface area contributed by atoms with Gasteiger partial charge in [0.25, 0.3) is 0 Å². The molecule has 3 saturated heterocycles. The summed E-state index contributed by atoms with van der Waals surface area (Å²) >= 11 is 0. The molecule has 3 fully saturated rings. The van der Waals surface area contributed by atoms with Crippen molar-refractivity contribution in [3.63, 3.8) is 0 Å². The van der Waals surface area contributed by atoms with E-state index in [9.17, 15) is 61.0 Å². The van der Waals surface area contributed by atoms with Crippen LogP contribution in [0.1, 0.15) is 386 Å². The van der Waals surface area contributed by atoms with Gasteiger partial charge >= 0.3 is 0 Å². The first kappa shape index (κ1) is 97.5. The molecule has 17 unspecified atom stereocenters. The van der Waals surface area contributed by atoms with E-state index in [1.807, 2.05) is 6.08 Å². The van der Waals surface area contributed by atoms with Crippen LogP contribution in [0.2, 0.25) is 0 Å². The lowest BCUT2D eigenvalue weighted by atomic mass is 9.96. The molecule has 0 radical (unpaired) electrons. The summed E-state index contributed by atoms with van der Waals surface area (Å²) in [6, 6.07) is -0.972. The number of nitrogens with one attached hydrogen (secondary N) is 1. The van der Waals surface area contributed by atoms with Crippen molar-refractivity contribution in [2.75, 3.05) is 26.4 Å². The van der Waals surface area contributed by atoms with Crippen LogP contribution in [0, 0.1) is 0 Å². The molecular formula is C86H163NO18. The first-order valence-corrected chi connectivity index (χ1v) is 44.1. The Morgan fingerprint density at radius 1 is 0.333 bits per heavy atom. The minimum atomic E-state index is -1.98. The molecule has 19 nitrogen and oxygen atoms in total. The SMILES string of the molecule is CCCCCCCCCC/C=C\CCCCCCCCCCCCCCCCCCCCCCCCCCCC(=O)NC(COC1OC(CO)C(OC2OC(CO)C(OC3OC(CO)C(O)C(O)C3O)C(O)C2O)C(O)C1O)C(O)/C=C/CCCCCCCCCCCCCCCCCCCCCCC. The third-order valence-electron chi connectivity index (χ3n) is 22.2. The van der Waals surface area contributed by atoms with Gasteiger partial charge in [0.2, 0.25) is 5.91 Å². The Hall–Kier alpha value is -1.73. The van der Waals surface area contributed by atoms with Gasteiger partial charge in [-0.15, -0.1) is 0 Å². The molecule has 3 heterocycles. The van der Waals surface area contributed by atoms with Crippen molar-refractivity contribution in [2.24, 2.45) is 0 Å². The van der Waals surface area contributed by atoms with E-state index in [1.165, 1.54) is 315 Å². The van der Waals surface area contributed by atoms with Crippen molar-refractivity contribution in [3.05, 3.63) is 24.3 Å². The Morgan fingerprint density at radius 2 is 0.600 bits per heavy atom. The summed E-state index contributed by atoms with van der Waals surface area (Å²) in [5, 5.41) is 121. The quantitative estimate of drug-likeness (QED) is 0.0199. The molecule has 620 valence electrons. The highest BCUT2D eigenvalue weighted by Crippen LogP contribution is 2.34. The molecule has 19 heteroatoms. The standard InChI is InChI=1S/C86H163NO18/c1-3-5-7-9-11-13-15-17-19-21-23-25-27-28-29-30-31-32-33-34-35-36-37-38-39-40-42-44-46-48-50-52-54-56-58-60-62-64-74(92)87-69(70(91)63-61-59-57-55-53-51-49-47-45-43-41-26-24-22-20-18-16-14-12-10-8-6-4-2)68-100-84-80(98)77(95)82(72(66-89)102-84)105-86-81(99)78(96)83(73(67-90)103-86)104-85-79(97)76(94)75(93)71(65-88)101-85/h21,23,61,63,69-73,75-86,88-91,93-99H,3-20,22,24-60,62,64-68H2,1-2H3,(H,87,92)/b23-21-,63-61+. The summed E-state index contributed by atoms with van der Waals surface area (Å²) in [6.45, 7) is 1.80. The molecule has 3 aliphatic rings. The molecule has 105 heavy (non-hydrogen) atoms. The fourth-order valence-corrected chi connectivity index (χ4v) is 15.2. The number of amides is 1. The zero-order valence-corrected chi connectivity index (χ0v) is 66.7. The molecule has 3 aliphatic heterocycles. The number of aliphatic hydroxyl groups is 11. The van der Waals surface area contributed by atoms with Gasteiger partial charge in [0.15, 0.2) is 18.9 Å². The van der Waals surface area contributed by atoms with E-state index in [0.717, 1.165) is 44.9 Å². The van der Waals surface area contributed by atoms with Gasteiger partial charge in [-0.3, -0.25) is 4.79 Å². The number of rotatable bonds is 72. The predicted molar refractivity (Wildman–Crippen MR) is 420 cm³/mol. The smallest absolute Gasteiger partial charge is 0.220 e. The molecule has 17 atom stereocenters. The average molecular weight is 1500 g/mol. The topological polar surface area (TPSA) is 307 Å². The van der Waals surface area contributed by atoms with Crippen LogP contribution in [0.25, 0.3) is 0 Å². The van der Waals surface area contributed by atoms with Crippen LogP contribution in [0.3, 0.4) is 0 Å². The minimum Gasteiger partial charge on any atom is -0.394 e. The molecule has 0 aromatic heterocycles. The number of allylic oxidation sites excluding steroid dienone is 3. The van der Waals surface area contributed by atoms with Crippen LogP contribution < -0.4 is 5.32 Å². The summed E-state index contributed by atoms with van der Waals surface area (Å²) in [5.74, 6) is -0.266. The molecule has 12 N–H and O–H groups in total. The maximum Gasteiger partial charge on any atom is 0.220 e. The van der Waals surface area contributed by atoms with Crippen LogP contribution >= 0.6 is 0 Å². The zero-order valence-electron chi connectivity index (χ0n) is 66.7. The van der Waals surface area contributed by atoms with Crippen LogP contribution in [0.4, 0.5) is 0 Å².